The summed E-state index contributed by atoms with van der Waals surface area (Å²) in [6, 6.07) is 6.63. The Bertz CT molecular complexity index is 536. The molecule has 0 aliphatic rings. The fourth-order valence-electron chi connectivity index (χ4n) is 1.23. The third-order valence-electron chi connectivity index (χ3n) is 1.96. The van der Waals surface area contributed by atoms with E-state index in [0.717, 1.165) is 0 Å². The first-order valence-corrected chi connectivity index (χ1v) is 4.70. The lowest BCUT2D eigenvalue weighted by Crippen LogP contribution is -2.01. The first-order chi connectivity index (χ1) is 7.58. The highest BCUT2D eigenvalue weighted by atomic mass is 35.5. The second-order valence-corrected chi connectivity index (χ2v) is 3.43. The molecule has 82 valence electrons. The average molecular weight is 241 g/mol. The lowest BCUT2D eigenvalue weighted by molar-refractivity contribution is 0.0690. The molecule has 0 radical (unpaired) electrons. The molecule has 0 atom stereocenters. The van der Waals surface area contributed by atoms with E-state index in [1.807, 2.05) is 0 Å². The quantitative estimate of drug-likeness (QED) is 0.877. The van der Waals surface area contributed by atoms with Crippen molar-refractivity contribution >= 4 is 17.6 Å². The van der Waals surface area contributed by atoms with Crippen molar-refractivity contribution in [2.75, 3.05) is 0 Å². The SMILES string of the molecule is O=C(O)c1cc(Cl)n(-c2ccc(F)cc2)n1. The molecule has 16 heavy (non-hydrogen) atoms. The molecule has 1 heterocycles. The molecule has 0 bridgehead atoms. The fraction of sp³-hybridized carbons (Fsp3) is 0. The van der Waals surface area contributed by atoms with Crippen molar-refractivity contribution in [3.8, 4) is 5.69 Å². The third-order valence-corrected chi connectivity index (χ3v) is 2.23. The average Bonchev–Trinajstić information content (AvgIpc) is 2.62. The van der Waals surface area contributed by atoms with E-state index in [2.05, 4.69) is 5.10 Å². The van der Waals surface area contributed by atoms with Gasteiger partial charge in [-0.05, 0) is 24.3 Å². The highest BCUT2D eigenvalue weighted by Crippen LogP contribution is 2.17. The molecule has 2 aromatic rings. The van der Waals surface area contributed by atoms with Crippen LogP contribution < -0.4 is 0 Å². The van der Waals surface area contributed by atoms with Gasteiger partial charge in [0.2, 0.25) is 0 Å². The molecule has 0 aliphatic carbocycles. The van der Waals surface area contributed by atoms with Crippen molar-refractivity contribution < 1.29 is 14.3 Å². The Morgan fingerprint density at radius 2 is 2.00 bits per heavy atom. The number of aromatic carboxylic acids is 1. The van der Waals surface area contributed by atoms with E-state index in [4.69, 9.17) is 16.7 Å². The van der Waals surface area contributed by atoms with Gasteiger partial charge < -0.3 is 5.11 Å². The van der Waals surface area contributed by atoms with Gasteiger partial charge in [-0.2, -0.15) is 5.10 Å². The first-order valence-electron chi connectivity index (χ1n) is 4.33. The maximum absolute atomic E-state index is 12.7. The zero-order chi connectivity index (χ0) is 11.7. The van der Waals surface area contributed by atoms with Gasteiger partial charge in [-0.15, -0.1) is 0 Å². The number of carbonyl (C=O) groups is 1. The fourth-order valence-corrected chi connectivity index (χ4v) is 1.46. The molecule has 2 rings (SSSR count). The van der Waals surface area contributed by atoms with E-state index >= 15 is 0 Å². The van der Waals surface area contributed by atoms with Crippen LogP contribution in [0.3, 0.4) is 0 Å². The van der Waals surface area contributed by atoms with Crippen LogP contribution in [0.4, 0.5) is 4.39 Å². The largest absolute Gasteiger partial charge is 0.476 e. The number of nitrogens with zero attached hydrogens (tertiary/aromatic N) is 2. The Hall–Kier alpha value is -1.88. The van der Waals surface area contributed by atoms with Crippen molar-refractivity contribution in [2.45, 2.75) is 0 Å². The molecule has 0 fully saturated rings. The predicted octanol–water partition coefficient (Wildman–Crippen LogP) is 2.36. The lowest BCUT2D eigenvalue weighted by atomic mass is 10.3. The second-order valence-electron chi connectivity index (χ2n) is 3.05. The minimum Gasteiger partial charge on any atom is -0.476 e. The summed E-state index contributed by atoms with van der Waals surface area (Å²) >= 11 is 5.81. The molecule has 1 aromatic heterocycles. The van der Waals surface area contributed by atoms with E-state index in [1.54, 1.807) is 0 Å². The summed E-state index contributed by atoms with van der Waals surface area (Å²) in [4.78, 5) is 10.7. The number of hydrogen-bond acceptors (Lipinski definition) is 2. The molecule has 1 aromatic carbocycles. The maximum atomic E-state index is 12.7. The maximum Gasteiger partial charge on any atom is 0.356 e. The molecule has 4 nitrogen and oxygen atoms in total. The highest BCUT2D eigenvalue weighted by molar-refractivity contribution is 6.30. The first kappa shape index (κ1) is 10.6. The monoisotopic (exact) mass is 240 g/mol. The van der Waals surface area contributed by atoms with Crippen LogP contribution >= 0.6 is 11.6 Å². The number of halogens is 2. The van der Waals surface area contributed by atoms with Crippen LogP contribution in [-0.4, -0.2) is 20.9 Å². The van der Waals surface area contributed by atoms with Crippen LogP contribution in [0.2, 0.25) is 5.15 Å². The predicted molar refractivity (Wildman–Crippen MR) is 55.5 cm³/mol. The molecule has 0 aliphatic heterocycles. The van der Waals surface area contributed by atoms with Gasteiger partial charge in [0.1, 0.15) is 11.0 Å². The number of hydrogen-bond donors (Lipinski definition) is 1. The number of benzene rings is 1. The Morgan fingerprint density at radius 1 is 1.38 bits per heavy atom. The van der Waals surface area contributed by atoms with Crippen LogP contribution in [0.15, 0.2) is 30.3 Å². The zero-order valence-electron chi connectivity index (χ0n) is 7.89. The van der Waals surface area contributed by atoms with E-state index in [1.165, 1.54) is 35.0 Å². The summed E-state index contributed by atoms with van der Waals surface area (Å²) in [5.41, 5.74) is 0.341. The summed E-state index contributed by atoms with van der Waals surface area (Å²) in [7, 11) is 0. The van der Waals surface area contributed by atoms with Gasteiger partial charge in [-0.3, -0.25) is 0 Å². The van der Waals surface area contributed by atoms with Crippen molar-refractivity contribution in [3.05, 3.63) is 47.0 Å². The summed E-state index contributed by atoms with van der Waals surface area (Å²) in [6.45, 7) is 0. The van der Waals surface area contributed by atoms with Gasteiger partial charge in [0.25, 0.3) is 0 Å². The van der Waals surface area contributed by atoms with Gasteiger partial charge in [0.05, 0.1) is 5.69 Å². The normalized spacial score (nSPS) is 10.4. The van der Waals surface area contributed by atoms with E-state index in [-0.39, 0.29) is 16.7 Å². The van der Waals surface area contributed by atoms with Gasteiger partial charge in [-0.1, -0.05) is 11.6 Å². The Labute approximate surface area is 94.9 Å². The van der Waals surface area contributed by atoms with E-state index < -0.39 is 5.97 Å². The molecule has 6 heteroatoms. The molecule has 0 unspecified atom stereocenters. The Morgan fingerprint density at radius 3 is 2.50 bits per heavy atom. The zero-order valence-corrected chi connectivity index (χ0v) is 8.65. The number of aromatic nitrogens is 2. The molecule has 0 saturated carbocycles. The number of carboxylic acids is 1. The Balaban J connectivity index is 2.47. The standard InChI is InChI=1S/C10H6ClFN2O2/c11-9-5-8(10(15)16)13-14(9)7-3-1-6(12)2-4-7/h1-5H,(H,15,16). The molecule has 0 spiro atoms. The van der Waals surface area contributed by atoms with Crippen LogP contribution in [-0.2, 0) is 0 Å². The van der Waals surface area contributed by atoms with Crippen molar-refractivity contribution in [3.63, 3.8) is 0 Å². The summed E-state index contributed by atoms with van der Waals surface area (Å²) < 4.78 is 13.9. The van der Waals surface area contributed by atoms with E-state index in [9.17, 15) is 9.18 Å². The number of carboxylic acid groups (broad SMARTS) is 1. The summed E-state index contributed by atoms with van der Waals surface area (Å²) in [5.74, 6) is -1.55. The van der Waals surface area contributed by atoms with Crippen molar-refractivity contribution in [1.82, 2.24) is 9.78 Å². The number of rotatable bonds is 2. The van der Waals surface area contributed by atoms with Gasteiger partial charge in [-0.25, -0.2) is 13.9 Å². The summed E-state index contributed by atoms with van der Waals surface area (Å²) in [5, 5.41) is 12.6. The molecule has 0 amide bonds. The lowest BCUT2D eigenvalue weighted by Gasteiger charge is -2.01. The molecular weight excluding hydrogens is 235 g/mol. The molecular formula is C10H6ClFN2O2. The van der Waals surface area contributed by atoms with Crippen LogP contribution in [0.1, 0.15) is 10.5 Å². The van der Waals surface area contributed by atoms with Crippen LogP contribution in [0.25, 0.3) is 5.69 Å². The topological polar surface area (TPSA) is 55.1 Å². The van der Waals surface area contributed by atoms with E-state index in [0.29, 0.717) is 5.69 Å². The minimum absolute atomic E-state index is 0.156. The van der Waals surface area contributed by atoms with Gasteiger partial charge >= 0.3 is 5.97 Å². The van der Waals surface area contributed by atoms with Gasteiger partial charge in [0.15, 0.2) is 5.69 Å². The van der Waals surface area contributed by atoms with Gasteiger partial charge in [0, 0.05) is 6.07 Å². The minimum atomic E-state index is -1.16. The Kier molecular flexibility index (Phi) is 2.62. The molecule has 1 N–H and O–H groups in total. The van der Waals surface area contributed by atoms with Crippen LogP contribution in [0, 0.1) is 5.82 Å². The molecule has 0 saturated heterocycles. The van der Waals surface area contributed by atoms with Crippen LogP contribution in [0.5, 0.6) is 0 Å². The highest BCUT2D eigenvalue weighted by Gasteiger charge is 2.12. The van der Waals surface area contributed by atoms with Crippen molar-refractivity contribution in [1.29, 1.82) is 0 Å². The third kappa shape index (κ3) is 1.90. The summed E-state index contributed by atoms with van der Waals surface area (Å²) in [6.07, 6.45) is 0. The van der Waals surface area contributed by atoms with Crippen molar-refractivity contribution in [2.24, 2.45) is 0 Å². The smallest absolute Gasteiger partial charge is 0.356 e. The second kappa shape index (κ2) is 3.94.